The quantitative estimate of drug-likeness (QED) is 0.752. The summed E-state index contributed by atoms with van der Waals surface area (Å²) in [4.78, 5) is 12.3. The zero-order valence-corrected chi connectivity index (χ0v) is 14.5. The molecular formula is C18H35NO2. The van der Waals surface area contributed by atoms with Gasteiger partial charge in [-0.2, -0.15) is 0 Å². The van der Waals surface area contributed by atoms with E-state index in [0.29, 0.717) is 11.3 Å². The van der Waals surface area contributed by atoms with E-state index in [1.807, 2.05) is 0 Å². The van der Waals surface area contributed by atoms with Crippen LogP contribution in [0.2, 0.25) is 0 Å². The summed E-state index contributed by atoms with van der Waals surface area (Å²) in [7, 11) is 0. The van der Waals surface area contributed by atoms with Gasteiger partial charge in [-0.1, -0.05) is 34.1 Å². The summed E-state index contributed by atoms with van der Waals surface area (Å²) in [6.07, 6.45) is 7.41. The molecule has 1 aliphatic rings. The Kier molecular flexibility index (Phi) is 7.72. The molecule has 1 unspecified atom stereocenters. The molecule has 0 aromatic heterocycles. The second-order valence-electron chi connectivity index (χ2n) is 7.83. The summed E-state index contributed by atoms with van der Waals surface area (Å²) in [5.74, 6) is 1.63. The molecule has 0 saturated heterocycles. The second kappa shape index (κ2) is 8.77. The minimum absolute atomic E-state index is 0.208. The van der Waals surface area contributed by atoms with Crippen molar-refractivity contribution in [3.8, 4) is 0 Å². The van der Waals surface area contributed by atoms with E-state index in [1.54, 1.807) is 0 Å². The van der Waals surface area contributed by atoms with Gasteiger partial charge < -0.3 is 10.4 Å². The van der Waals surface area contributed by atoms with E-state index in [1.165, 1.54) is 12.8 Å². The van der Waals surface area contributed by atoms with Crippen molar-refractivity contribution in [2.75, 3.05) is 13.2 Å². The number of rotatable bonds is 7. The second-order valence-corrected chi connectivity index (χ2v) is 7.83. The Hall–Kier alpha value is -0.570. The molecule has 1 rings (SSSR count). The first kappa shape index (κ1) is 18.5. The summed E-state index contributed by atoms with van der Waals surface area (Å²) in [6.45, 7) is 10.0. The van der Waals surface area contributed by atoms with Crippen molar-refractivity contribution in [2.24, 2.45) is 23.2 Å². The van der Waals surface area contributed by atoms with Crippen LogP contribution in [0, 0.1) is 23.2 Å². The molecule has 0 bridgehead atoms. The summed E-state index contributed by atoms with van der Waals surface area (Å²) in [6, 6.07) is 0. The Morgan fingerprint density at radius 2 is 1.81 bits per heavy atom. The van der Waals surface area contributed by atoms with Crippen molar-refractivity contribution < 1.29 is 9.90 Å². The lowest BCUT2D eigenvalue weighted by atomic mass is 9.69. The summed E-state index contributed by atoms with van der Waals surface area (Å²) in [5.41, 5.74) is 0.370. The zero-order chi connectivity index (χ0) is 15.9. The summed E-state index contributed by atoms with van der Waals surface area (Å²) >= 11 is 0. The van der Waals surface area contributed by atoms with E-state index in [2.05, 4.69) is 33.0 Å². The van der Waals surface area contributed by atoms with Gasteiger partial charge in [-0.25, -0.2) is 0 Å². The van der Waals surface area contributed by atoms with Gasteiger partial charge in [0, 0.05) is 19.1 Å². The van der Waals surface area contributed by atoms with Crippen molar-refractivity contribution in [2.45, 2.75) is 72.6 Å². The molecule has 1 saturated carbocycles. The van der Waals surface area contributed by atoms with Crippen LogP contribution in [-0.4, -0.2) is 24.2 Å². The van der Waals surface area contributed by atoms with E-state index in [-0.39, 0.29) is 18.4 Å². The number of aliphatic hydroxyl groups is 1. The molecule has 1 fully saturated rings. The topological polar surface area (TPSA) is 49.3 Å². The van der Waals surface area contributed by atoms with Crippen molar-refractivity contribution in [3.63, 3.8) is 0 Å². The van der Waals surface area contributed by atoms with E-state index in [4.69, 9.17) is 5.11 Å². The third kappa shape index (κ3) is 6.37. The van der Waals surface area contributed by atoms with Gasteiger partial charge in [0.25, 0.3) is 0 Å². The van der Waals surface area contributed by atoms with Gasteiger partial charge in [-0.15, -0.1) is 0 Å². The minimum atomic E-state index is 0.208. The molecule has 3 heteroatoms. The molecule has 1 amide bonds. The number of carbonyl (C=O) groups excluding carboxylic acids is 1. The number of nitrogens with one attached hydrogen (secondary N) is 1. The molecule has 124 valence electrons. The predicted octanol–water partition coefficient (Wildman–Crippen LogP) is 3.75. The van der Waals surface area contributed by atoms with Crippen LogP contribution in [0.4, 0.5) is 0 Å². The van der Waals surface area contributed by atoms with Crippen LogP contribution in [-0.2, 0) is 4.79 Å². The third-order valence-electron chi connectivity index (χ3n) is 5.12. The van der Waals surface area contributed by atoms with Gasteiger partial charge in [0.15, 0.2) is 0 Å². The average Bonchev–Trinajstić information content (AvgIpc) is 2.44. The smallest absolute Gasteiger partial charge is 0.223 e. The molecular weight excluding hydrogens is 262 g/mol. The summed E-state index contributed by atoms with van der Waals surface area (Å²) in [5, 5.41) is 12.2. The highest BCUT2D eigenvalue weighted by Gasteiger charge is 2.32. The lowest BCUT2D eigenvalue weighted by molar-refractivity contribution is -0.126. The van der Waals surface area contributed by atoms with Crippen molar-refractivity contribution in [1.82, 2.24) is 5.32 Å². The van der Waals surface area contributed by atoms with Crippen molar-refractivity contribution in [3.05, 3.63) is 0 Å². The van der Waals surface area contributed by atoms with Crippen molar-refractivity contribution >= 4 is 5.91 Å². The number of amides is 1. The van der Waals surface area contributed by atoms with Crippen LogP contribution in [0.1, 0.15) is 72.6 Å². The maximum absolute atomic E-state index is 12.3. The normalized spacial score (nSPS) is 24.6. The van der Waals surface area contributed by atoms with Crippen LogP contribution < -0.4 is 5.32 Å². The zero-order valence-electron chi connectivity index (χ0n) is 14.5. The molecule has 0 heterocycles. The van der Waals surface area contributed by atoms with Gasteiger partial charge in [-0.05, 0) is 55.8 Å². The number of carbonyl (C=O) groups is 1. The monoisotopic (exact) mass is 297 g/mol. The molecule has 0 aromatic carbocycles. The van der Waals surface area contributed by atoms with Gasteiger partial charge in [0.05, 0.1) is 0 Å². The molecule has 3 nitrogen and oxygen atoms in total. The highest BCUT2D eigenvalue weighted by molar-refractivity contribution is 5.78. The summed E-state index contributed by atoms with van der Waals surface area (Å²) < 4.78 is 0. The molecule has 0 aliphatic heterocycles. The SMILES string of the molecule is CCCC(CCO)CNC(=O)C1CCC(C(C)(C)C)CC1. The average molecular weight is 297 g/mol. The maximum atomic E-state index is 12.3. The number of hydrogen-bond acceptors (Lipinski definition) is 2. The van der Waals surface area contributed by atoms with Gasteiger partial charge in [-0.3, -0.25) is 4.79 Å². The fourth-order valence-electron chi connectivity index (χ4n) is 3.55. The Bertz CT molecular complexity index is 295. The van der Waals surface area contributed by atoms with Gasteiger partial charge >= 0.3 is 0 Å². The first-order valence-corrected chi connectivity index (χ1v) is 8.77. The van der Waals surface area contributed by atoms with E-state index in [9.17, 15) is 4.79 Å². The van der Waals surface area contributed by atoms with Crippen LogP contribution in [0.25, 0.3) is 0 Å². The molecule has 1 aliphatic carbocycles. The van der Waals surface area contributed by atoms with Gasteiger partial charge in [0.1, 0.15) is 0 Å². The Morgan fingerprint density at radius 3 is 2.29 bits per heavy atom. The lowest BCUT2D eigenvalue weighted by Crippen LogP contribution is -2.37. The number of aliphatic hydroxyl groups excluding tert-OH is 1. The first-order valence-electron chi connectivity index (χ1n) is 8.77. The largest absolute Gasteiger partial charge is 0.396 e. The highest BCUT2D eigenvalue weighted by atomic mass is 16.3. The molecule has 1 atom stereocenters. The Labute approximate surface area is 130 Å². The predicted molar refractivity (Wildman–Crippen MR) is 88.0 cm³/mol. The minimum Gasteiger partial charge on any atom is -0.396 e. The molecule has 2 N–H and O–H groups in total. The third-order valence-corrected chi connectivity index (χ3v) is 5.12. The Morgan fingerprint density at radius 1 is 1.19 bits per heavy atom. The molecule has 0 aromatic rings. The first-order chi connectivity index (χ1) is 9.88. The molecule has 21 heavy (non-hydrogen) atoms. The fourth-order valence-corrected chi connectivity index (χ4v) is 3.55. The van der Waals surface area contributed by atoms with Crippen LogP contribution in [0.3, 0.4) is 0 Å². The fraction of sp³-hybridized carbons (Fsp3) is 0.944. The molecule has 0 radical (unpaired) electrons. The highest BCUT2D eigenvalue weighted by Crippen LogP contribution is 2.39. The standard InChI is InChI=1S/C18H35NO2/c1-5-6-14(11-12-20)13-19-17(21)15-7-9-16(10-8-15)18(2,3)4/h14-16,20H,5-13H2,1-4H3,(H,19,21). The lowest BCUT2D eigenvalue weighted by Gasteiger charge is -2.36. The van der Waals surface area contributed by atoms with Crippen LogP contribution in [0.5, 0.6) is 0 Å². The van der Waals surface area contributed by atoms with Crippen LogP contribution in [0.15, 0.2) is 0 Å². The van der Waals surface area contributed by atoms with Crippen LogP contribution >= 0.6 is 0 Å². The van der Waals surface area contributed by atoms with E-state index >= 15 is 0 Å². The number of hydrogen-bond donors (Lipinski definition) is 2. The Balaban J connectivity index is 2.33. The van der Waals surface area contributed by atoms with Gasteiger partial charge in [0.2, 0.25) is 5.91 Å². The molecule has 0 spiro atoms. The maximum Gasteiger partial charge on any atom is 0.223 e. The van der Waals surface area contributed by atoms with Crippen molar-refractivity contribution in [1.29, 1.82) is 0 Å². The van der Waals surface area contributed by atoms with E-state index < -0.39 is 0 Å². The van der Waals surface area contributed by atoms with E-state index in [0.717, 1.165) is 44.6 Å².